The Bertz CT molecular complexity index is 804. The third-order valence-corrected chi connectivity index (χ3v) is 5.49. The van der Waals surface area contributed by atoms with Crippen molar-refractivity contribution >= 4 is 15.7 Å². The number of aryl methyl sites for hydroxylation is 1. The second-order valence-electron chi connectivity index (χ2n) is 5.34. The number of hydrogen-bond acceptors (Lipinski definition) is 2. The predicted molar refractivity (Wildman–Crippen MR) is 81.4 cm³/mol. The van der Waals surface area contributed by atoms with Crippen LogP contribution in [0.25, 0.3) is 0 Å². The number of rotatable bonds is 2. The van der Waals surface area contributed by atoms with E-state index < -0.39 is 21.6 Å². The van der Waals surface area contributed by atoms with Crippen LogP contribution in [0, 0.1) is 0 Å². The summed E-state index contributed by atoms with van der Waals surface area (Å²) in [5.41, 5.74) is -4.09. The molecule has 0 spiro atoms. The molecule has 1 aliphatic heterocycles. The molecule has 1 unspecified atom stereocenters. The van der Waals surface area contributed by atoms with Gasteiger partial charge in [-0.15, -0.1) is 0 Å². The van der Waals surface area contributed by atoms with Crippen LogP contribution in [0.15, 0.2) is 54.6 Å². The Labute approximate surface area is 132 Å². The molecule has 0 N–H and O–H groups in total. The Balaban J connectivity index is 2.19. The van der Waals surface area contributed by atoms with Crippen molar-refractivity contribution in [2.75, 3.05) is 4.31 Å². The van der Waals surface area contributed by atoms with E-state index in [0.717, 1.165) is 0 Å². The van der Waals surface area contributed by atoms with Crippen LogP contribution in [0.1, 0.15) is 23.6 Å². The predicted octanol–water partition coefficient (Wildman–Crippen LogP) is 4.03. The number of halogens is 3. The lowest BCUT2D eigenvalue weighted by atomic mass is 9.93. The third kappa shape index (κ3) is 2.69. The second-order valence-corrected chi connectivity index (χ2v) is 7.15. The Hall–Kier alpha value is -2.02. The quantitative estimate of drug-likeness (QED) is 0.827. The van der Waals surface area contributed by atoms with Crippen LogP contribution in [-0.2, 0) is 16.4 Å². The highest BCUT2D eigenvalue weighted by atomic mass is 32.2. The summed E-state index contributed by atoms with van der Waals surface area (Å²) in [7, 11) is -5.48. The van der Waals surface area contributed by atoms with Crippen LogP contribution in [0.2, 0.25) is 0 Å². The van der Waals surface area contributed by atoms with Crippen molar-refractivity contribution in [1.82, 2.24) is 0 Å². The fourth-order valence-electron chi connectivity index (χ4n) is 2.90. The maximum absolute atomic E-state index is 13.2. The van der Waals surface area contributed by atoms with Crippen molar-refractivity contribution in [3.63, 3.8) is 0 Å². The molecule has 7 heteroatoms. The monoisotopic (exact) mass is 341 g/mol. The topological polar surface area (TPSA) is 37.4 Å². The smallest absolute Gasteiger partial charge is 0.255 e. The van der Waals surface area contributed by atoms with E-state index in [2.05, 4.69) is 0 Å². The molecular weight excluding hydrogens is 327 g/mol. The zero-order valence-electron chi connectivity index (χ0n) is 12.0. The molecule has 23 heavy (non-hydrogen) atoms. The van der Waals surface area contributed by atoms with Crippen molar-refractivity contribution in [2.24, 2.45) is 0 Å². The van der Waals surface area contributed by atoms with Crippen molar-refractivity contribution in [2.45, 2.75) is 24.4 Å². The summed E-state index contributed by atoms with van der Waals surface area (Å²) in [5.74, 6) is 0. The zero-order valence-corrected chi connectivity index (χ0v) is 12.8. The van der Waals surface area contributed by atoms with E-state index in [0.29, 0.717) is 28.3 Å². The summed E-state index contributed by atoms with van der Waals surface area (Å²) in [6.45, 7) is 0. The van der Waals surface area contributed by atoms with Crippen LogP contribution in [0.5, 0.6) is 0 Å². The number of anilines is 1. The molecule has 3 nitrogen and oxygen atoms in total. The first-order chi connectivity index (χ1) is 10.8. The van der Waals surface area contributed by atoms with Gasteiger partial charge in [-0.05, 0) is 30.0 Å². The van der Waals surface area contributed by atoms with Gasteiger partial charge in [0.15, 0.2) is 0 Å². The van der Waals surface area contributed by atoms with Gasteiger partial charge in [-0.3, -0.25) is 4.31 Å². The third-order valence-electron chi connectivity index (χ3n) is 3.94. The van der Waals surface area contributed by atoms with Crippen molar-refractivity contribution in [1.29, 1.82) is 0 Å². The van der Waals surface area contributed by atoms with Crippen LogP contribution in [-0.4, -0.2) is 13.9 Å². The molecular formula is C16H14F3NO2S. The van der Waals surface area contributed by atoms with Crippen LogP contribution in [0.3, 0.4) is 0 Å². The highest BCUT2D eigenvalue weighted by molar-refractivity contribution is 7.93. The molecule has 3 rings (SSSR count). The van der Waals surface area contributed by atoms with E-state index in [-0.39, 0.29) is 5.69 Å². The lowest BCUT2D eigenvalue weighted by Gasteiger charge is -2.38. The largest absolute Gasteiger partial charge is 0.516 e. The minimum atomic E-state index is -5.48. The molecule has 0 saturated heterocycles. The van der Waals surface area contributed by atoms with Gasteiger partial charge >= 0.3 is 15.5 Å². The fourth-order valence-corrected chi connectivity index (χ4v) is 4.12. The number of sulfonamides is 1. The summed E-state index contributed by atoms with van der Waals surface area (Å²) in [5, 5.41) is 0. The second kappa shape index (κ2) is 5.56. The van der Waals surface area contributed by atoms with E-state index in [1.807, 2.05) is 0 Å². The number of benzene rings is 2. The van der Waals surface area contributed by atoms with Gasteiger partial charge < -0.3 is 0 Å². The molecule has 0 aromatic heterocycles. The van der Waals surface area contributed by atoms with E-state index in [1.165, 1.54) is 6.07 Å². The van der Waals surface area contributed by atoms with Gasteiger partial charge in [0.05, 0.1) is 11.7 Å². The van der Waals surface area contributed by atoms with Gasteiger partial charge in [-0.25, -0.2) is 0 Å². The molecule has 1 aliphatic rings. The Morgan fingerprint density at radius 3 is 2.22 bits per heavy atom. The Morgan fingerprint density at radius 2 is 1.57 bits per heavy atom. The number of para-hydroxylation sites is 1. The fraction of sp³-hybridized carbons (Fsp3) is 0.250. The van der Waals surface area contributed by atoms with Crippen molar-refractivity contribution < 1.29 is 21.6 Å². The van der Waals surface area contributed by atoms with Gasteiger partial charge in [-0.2, -0.15) is 21.6 Å². The molecule has 2 aromatic rings. The van der Waals surface area contributed by atoms with Crippen LogP contribution in [0.4, 0.5) is 18.9 Å². The first-order valence-corrected chi connectivity index (χ1v) is 8.50. The van der Waals surface area contributed by atoms with Gasteiger partial charge in [0.2, 0.25) is 0 Å². The molecule has 122 valence electrons. The Morgan fingerprint density at radius 1 is 0.957 bits per heavy atom. The molecule has 2 aromatic carbocycles. The average Bonchev–Trinajstić information content (AvgIpc) is 2.53. The van der Waals surface area contributed by atoms with Gasteiger partial charge in [0.1, 0.15) is 0 Å². The summed E-state index contributed by atoms with van der Waals surface area (Å²) in [6.07, 6.45) is 0.829. The molecule has 1 atom stereocenters. The zero-order chi connectivity index (χ0) is 16.7. The van der Waals surface area contributed by atoms with Crippen LogP contribution < -0.4 is 4.31 Å². The molecule has 0 amide bonds. The summed E-state index contributed by atoms with van der Waals surface area (Å²) in [6, 6.07) is 13.9. The highest BCUT2D eigenvalue weighted by Gasteiger charge is 2.53. The first kappa shape index (κ1) is 15.9. The van der Waals surface area contributed by atoms with Gasteiger partial charge in [0.25, 0.3) is 0 Å². The van der Waals surface area contributed by atoms with E-state index >= 15 is 0 Å². The standard InChI is InChI=1S/C16H14F3NO2S/c17-16(18,19)23(21,22)20-14-9-5-4-8-13(14)10-11-15(20)12-6-2-1-3-7-12/h1-9,15H,10-11H2. The first-order valence-electron chi connectivity index (χ1n) is 7.06. The van der Waals surface area contributed by atoms with Crippen LogP contribution >= 0.6 is 0 Å². The van der Waals surface area contributed by atoms with E-state index in [1.54, 1.807) is 48.5 Å². The molecule has 0 saturated carbocycles. The molecule has 0 fully saturated rings. The van der Waals surface area contributed by atoms with Crippen molar-refractivity contribution in [3.8, 4) is 0 Å². The van der Waals surface area contributed by atoms with Gasteiger partial charge in [-0.1, -0.05) is 48.5 Å². The maximum Gasteiger partial charge on any atom is 0.516 e. The lowest BCUT2D eigenvalue weighted by Crippen LogP contribution is -2.45. The molecule has 1 heterocycles. The van der Waals surface area contributed by atoms with E-state index in [9.17, 15) is 21.6 Å². The normalized spacial score (nSPS) is 18.6. The highest BCUT2D eigenvalue weighted by Crippen LogP contribution is 2.44. The number of alkyl halides is 3. The summed E-state index contributed by atoms with van der Waals surface area (Å²) in [4.78, 5) is 0. The molecule has 0 radical (unpaired) electrons. The average molecular weight is 341 g/mol. The minimum absolute atomic E-state index is 0.102. The summed E-state index contributed by atoms with van der Waals surface area (Å²) >= 11 is 0. The number of hydrogen-bond donors (Lipinski definition) is 0. The lowest BCUT2D eigenvalue weighted by molar-refractivity contribution is -0.0441. The number of fused-ring (bicyclic) bond motifs is 1. The van der Waals surface area contributed by atoms with E-state index in [4.69, 9.17) is 0 Å². The maximum atomic E-state index is 13.2. The molecule has 0 aliphatic carbocycles. The molecule has 0 bridgehead atoms. The Kier molecular flexibility index (Phi) is 3.83. The number of nitrogens with zero attached hydrogens (tertiary/aromatic N) is 1. The van der Waals surface area contributed by atoms with Crippen molar-refractivity contribution in [3.05, 3.63) is 65.7 Å². The minimum Gasteiger partial charge on any atom is -0.255 e. The SMILES string of the molecule is O=S(=O)(N1c2ccccc2CCC1c1ccccc1)C(F)(F)F. The van der Waals surface area contributed by atoms with Gasteiger partial charge in [0, 0.05) is 0 Å². The summed E-state index contributed by atoms with van der Waals surface area (Å²) < 4.78 is 64.4.